The van der Waals surface area contributed by atoms with Crippen LogP contribution in [0.1, 0.15) is 22.3 Å². The third kappa shape index (κ3) is 5.25. The van der Waals surface area contributed by atoms with Crippen LogP contribution in [-0.2, 0) is 12.8 Å². The van der Waals surface area contributed by atoms with Gasteiger partial charge in [0, 0.05) is 34.8 Å². The first kappa shape index (κ1) is 23.8. The lowest BCUT2D eigenvalue weighted by Gasteiger charge is -2.15. The predicted octanol–water partition coefficient (Wildman–Crippen LogP) is 6.00. The summed E-state index contributed by atoms with van der Waals surface area (Å²) >= 11 is 1.24. The highest BCUT2D eigenvalue weighted by Crippen LogP contribution is 2.43. The summed E-state index contributed by atoms with van der Waals surface area (Å²) in [6, 6.07) is 24.8. The van der Waals surface area contributed by atoms with E-state index in [1.165, 1.54) is 23.9 Å². The van der Waals surface area contributed by atoms with E-state index >= 15 is 0 Å². The Balaban J connectivity index is 1.74. The fourth-order valence-electron chi connectivity index (χ4n) is 3.87. The molecule has 0 spiro atoms. The summed E-state index contributed by atoms with van der Waals surface area (Å²) in [6.07, 6.45) is 0.596. The molecule has 0 unspecified atom stereocenters. The zero-order valence-corrected chi connectivity index (χ0v) is 19.4. The van der Waals surface area contributed by atoms with Gasteiger partial charge in [-0.05, 0) is 23.3 Å². The molecule has 0 aliphatic heterocycles. The van der Waals surface area contributed by atoms with Crippen molar-refractivity contribution in [1.29, 1.82) is 0 Å². The largest absolute Gasteiger partial charge is 0.397 e. The summed E-state index contributed by atoms with van der Waals surface area (Å²) in [4.78, 5) is 23.6. The van der Waals surface area contributed by atoms with E-state index in [9.17, 15) is 20.2 Å². The highest BCUT2D eigenvalue weighted by atomic mass is 32.2. The van der Waals surface area contributed by atoms with E-state index in [0.29, 0.717) is 33.8 Å². The average molecular weight is 487 g/mol. The lowest BCUT2D eigenvalue weighted by molar-refractivity contribution is -0.385. The van der Waals surface area contributed by atoms with Crippen LogP contribution in [0.25, 0.3) is 0 Å². The van der Waals surface area contributed by atoms with Gasteiger partial charge in [-0.25, -0.2) is 0 Å². The Morgan fingerprint density at radius 1 is 0.600 bits per heavy atom. The first-order chi connectivity index (χ1) is 16.8. The molecule has 0 atom stereocenters. The molecule has 0 amide bonds. The molecule has 8 nitrogen and oxygen atoms in total. The number of nitrogen functional groups attached to an aromatic ring is 2. The average Bonchev–Trinajstić information content (AvgIpc) is 2.85. The van der Waals surface area contributed by atoms with Gasteiger partial charge in [0.05, 0.1) is 32.3 Å². The smallest absolute Gasteiger partial charge is 0.275 e. The van der Waals surface area contributed by atoms with E-state index < -0.39 is 9.85 Å². The number of benzene rings is 4. The van der Waals surface area contributed by atoms with Crippen molar-refractivity contribution in [2.75, 3.05) is 11.5 Å². The molecule has 176 valence electrons. The molecule has 0 aliphatic rings. The zero-order chi connectivity index (χ0) is 24.9. The standard InChI is InChI=1S/C26H22N4O4S/c27-25-19(15-17-7-3-1-4-8-17)21(29(31)32)11-13-23(25)35-24-14-12-22(30(33)34)20(26(24)28)16-18-9-5-2-6-10-18/h1-14H,15-16,27-28H2. The normalized spacial score (nSPS) is 10.7. The van der Waals surface area contributed by atoms with E-state index in [2.05, 4.69) is 0 Å². The molecule has 35 heavy (non-hydrogen) atoms. The number of hydrogen-bond acceptors (Lipinski definition) is 7. The van der Waals surface area contributed by atoms with Crippen molar-refractivity contribution in [2.45, 2.75) is 22.6 Å². The molecule has 4 rings (SSSR count). The van der Waals surface area contributed by atoms with Gasteiger partial charge in [-0.15, -0.1) is 0 Å². The molecule has 0 aromatic heterocycles. The van der Waals surface area contributed by atoms with Crippen molar-refractivity contribution in [1.82, 2.24) is 0 Å². The number of anilines is 2. The van der Waals surface area contributed by atoms with E-state index in [0.717, 1.165) is 11.1 Å². The summed E-state index contributed by atoms with van der Waals surface area (Å²) < 4.78 is 0. The SMILES string of the molecule is Nc1c(Sc2ccc([N+](=O)[O-])c(Cc3ccccc3)c2N)ccc([N+](=O)[O-])c1Cc1ccccc1. The minimum absolute atomic E-state index is 0.0582. The van der Waals surface area contributed by atoms with Crippen molar-refractivity contribution in [3.63, 3.8) is 0 Å². The number of nitrogens with two attached hydrogens (primary N) is 2. The topological polar surface area (TPSA) is 138 Å². The Hall–Kier alpha value is -4.37. The second-order valence-electron chi connectivity index (χ2n) is 7.89. The lowest BCUT2D eigenvalue weighted by Crippen LogP contribution is -2.05. The predicted molar refractivity (Wildman–Crippen MR) is 138 cm³/mol. The summed E-state index contributed by atoms with van der Waals surface area (Å²) in [5.41, 5.74) is 15.9. The van der Waals surface area contributed by atoms with E-state index in [4.69, 9.17) is 11.5 Å². The molecule has 0 radical (unpaired) electrons. The zero-order valence-electron chi connectivity index (χ0n) is 18.6. The van der Waals surface area contributed by atoms with Gasteiger partial charge in [-0.2, -0.15) is 0 Å². The van der Waals surface area contributed by atoms with Crippen molar-refractivity contribution in [3.05, 3.63) is 127 Å². The summed E-state index contributed by atoms with van der Waals surface area (Å²) in [7, 11) is 0. The minimum Gasteiger partial charge on any atom is -0.397 e. The maximum atomic E-state index is 11.7. The van der Waals surface area contributed by atoms with Crippen molar-refractivity contribution < 1.29 is 9.85 Å². The maximum Gasteiger partial charge on any atom is 0.275 e. The Morgan fingerprint density at radius 2 is 0.971 bits per heavy atom. The fourth-order valence-corrected chi connectivity index (χ4v) is 4.85. The van der Waals surface area contributed by atoms with Crippen LogP contribution in [0.15, 0.2) is 94.7 Å². The van der Waals surface area contributed by atoms with Gasteiger partial charge >= 0.3 is 0 Å². The van der Waals surface area contributed by atoms with Gasteiger partial charge in [-0.3, -0.25) is 20.2 Å². The van der Waals surface area contributed by atoms with Crippen molar-refractivity contribution >= 4 is 34.5 Å². The first-order valence-corrected chi connectivity index (χ1v) is 11.5. The third-order valence-electron chi connectivity index (χ3n) is 5.65. The van der Waals surface area contributed by atoms with Gasteiger partial charge in [0.1, 0.15) is 0 Å². The summed E-state index contributed by atoms with van der Waals surface area (Å²) in [5.74, 6) is 0. The minimum atomic E-state index is -0.443. The molecule has 4 aromatic carbocycles. The Kier molecular flexibility index (Phi) is 6.98. The number of nitrogens with zero attached hydrogens (tertiary/aromatic N) is 2. The lowest BCUT2D eigenvalue weighted by atomic mass is 10.0. The first-order valence-electron chi connectivity index (χ1n) is 10.7. The van der Waals surface area contributed by atoms with Gasteiger partial charge in [0.15, 0.2) is 0 Å². The number of nitro groups is 2. The summed E-state index contributed by atoms with van der Waals surface area (Å²) in [6.45, 7) is 0. The molecular formula is C26H22N4O4S. The van der Waals surface area contributed by atoms with Crippen LogP contribution in [0, 0.1) is 20.2 Å². The van der Waals surface area contributed by atoms with Crippen LogP contribution in [0.2, 0.25) is 0 Å². The molecule has 4 aromatic rings. The van der Waals surface area contributed by atoms with Crippen LogP contribution < -0.4 is 11.5 Å². The fraction of sp³-hybridized carbons (Fsp3) is 0.0769. The van der Waals surface area contributed by atoms with E-state index in [-0.39, 0.29) is 22.7 Å². The molecular weight excluding hydrogens is 464 g/mol. The Morgan fingerprint density at radius 3 is 1.31 bits per heavy atom. The molecule has 0 saturated carbocycles. The van der Waals surface area contributed by atoms with Crippen molar-refractivity contribution in [2.24, 2.45) is 0 Å². The molecule has 9 heteroatoms. The van der Waals surface area contributed by atoms with Gasteiger partial charge in [-0.1, -0.05) is 72.4 Å². The molecule has 0 fully saturated rings. The van der Waals surface area contributed by atoms with Gasteiger partial charge in [0.2, 0.25) is 0 Å². The maximum absolute atomic E-state index is 11.7. The molecule has 4 N–H and O–H groups in total. The Bertz CT molecular complexity index is 1290. The van der Waals surface area contributed by atoms with Crippen LogP contribution in [0.5, 0.6) is 0 Å². The highest BCUT2D eigenvalue weighted by Gasteiger charge is 2.23. The van der Waals surface area contributed by atoms with Crippen LogP contribution >= 0.6 is 11.8 Å². The Labute approximate surface area is 205 Å². The van der Waals surface area contributed by atoms with Gasteiger partial charge < -0.3 is 11.5 Å². The second kappa shape index (κ2) is 10.3. The van der Waals surface area contributed by atoms with E-state index in [1.54, 1.807) is 12.1 Å². The monoisotopic (exact) mass is 486 g/mol. The van der Waals surface area contributed by atoms with E-state index in [1.807, 2.05) is 60.7 Å². The molecule has 0 heterocycles. The second-order valence-corrected chi connectivity index (χ2v) is 8.97. The highest BCUT2D eigenvalue weighted by molar-refractivity contribution is 7.99. The van der Waals surface area contributed by atoms with Crippen LogP contribution in [-0.4, -0.2) is 9.85 Å². The molecule has 0 saturated heterocycles. The van der Waals surface area contributed by atoms with Crippen LogP contribution in [0.3, 0.4) is 0 Å². The van der Waals surface area contributed by atoms with Gasteiger partial charge in [0.25, 0.3) is 11.4 Å². The molecule has 0 aliphatic carbocycles. The molecule has 0 bridgehead atoms. The van der Waals surface area contributed by atoms with Crippen molar-refractivity contribution in [3.8, 4) is 0 Å². The third-order valence-corrected chi connectivity index (χ3v) is 6.80. The number of rotatable bonds is 8. The number of hydrogen-bond donors (Lipinski definition) is 2. The number of nitro benzene ring substituents is 2. The quantitative estimate of drug-likeness (QED) is 0.177. The van der Waals surface area contributed by atoms with Crippen LogP contribution in [0.4, 0.5) is 22.7 Å². The summed E-state index contributed by atoms with van der Waals surface area (Å²) in [5, 5.41) is 23.3.